The number of benzene rings is 1. The van der Waals surface area contributed by atoms with Gasteiger partial charge in [-0.15, -0.1) is 0 Å². The summed E-state index contributed by atoms with van der Waals surface area (Å²) in [4.78, 5) is 14.5. The van der Waals surface area contributed by atoms with E-state index in [0.29, 0.717) is 24.2 Å². The quantitative estimate of drug-likeness (QED) is 0.809. The zero-order chi connectivity index (χ0) is 15.1. The molecular formula is C16H19FN2O2. The van der Waals surface area contributed by atoms with Crippen LogP contribution in [0.1, 0.15) is 24.3 Å². The van der Waals surface area contributed by atoms with E-state index in [-0.39, 0.29) is 23.9 Å². The van der Waals surface area contributed by atoms with Crippen molar-refractivity contribution in [1.82, 2.24) is 9.47 Å². The average molecular weight is 290 g/mol. The van der Waals surface area contributed by atoms with E-state index in [9.17, 15) is 9.18 Å². The van der Waals surface area contributed by atoms with Crippen molar-refractivity contribution in [1.29, 1.82) is 0 Å². The third-order valence-electron chi connectivity index (χ3n) is 3.96. The average Bonchev–Trinajstić information content (AvgIpc) is 2.76. The first-order chi connectivity index (χ1) is 9.97. The van der Waals surface area contributed by atoms with Crippen LogP contribution in [0.4, 0.5) is 4.39 Å². The normalized spacial score (nSPS) is 22.8. The van der Waals surface area contributed by atoms with Crippen LogP contribution >= 0.6 is 0 Å². The van der Waals surface area contributed by atoms with Gasteiger partial charge in [-0.25, -0.2) is 4.39 Å². The van der Waals surface area contributed by atoms with E-state index in [1.54, 1.807) is 28.6 Å². The number of amides is 1. The SMILES string of the molecule is CC1CN(C(=O)c2cc3c(F)cccc3n2C)CC(C)O1. The van der Waals surface area contributed by atoms with E-state index in [1.807, 2.05) is 19.9 Å². The van der Waals surface area contributed by atoms with E-state index < -0.39 is 0 Å². The number of hydrogen-bond acceptors (Lipinski definition) is 2. The summed E-state index contributed by atoms with van der Waals surface area (Å²) in [6.45, 7) is 5.04. The lowest BCUT2D eigenvalue weighted by molar-refractivity contribution is -0.0588. The highest BCUT2D eigenvalue weighted by Crippen LogP contribution is 2.23. The molecule has 1 aromatic heterocycles. The van der Waals surface area contributed by atoms with Crippen molar-refractivity contribution >= 4 is 16.8 Å². The van der Waals surface area contributed by atoms with Crippen molar-refractivity contribution in [2.24, 2.45) is 7.05 Å². The lowest BCUT2D eigenvalue weighted by Crippen LogP contribution is -2.48. The Balaban J connectivity index is 1.98. The summed E-state index contributed by atoms with van der Waals surface area (Å²) in [5.41, 5.74) is 1.24. The number of carbonyl (C=O) groups is 1. The van der Waals surface area contributed by atoms with Gasteiger partial charge in [0, 0.05) is 25.5 Å². The Hall–Kier alpha value is -1.88. The first-order valence-electron chi connectivity index (χ1n) is 7.16. The summed E-state index contributed by atoms with van der Waals surface area (Å²) in [7, 11) is 1.79. The van der Waals surface area contributed by atoms with Gasteiger partial charge in [0.15, 0.2) is 0 Å². The second kappa shape index (κ2) is 5.15. The number of aryl methyl sites for hydroxylation is 1. The van der Waals surface area contributed by atoms with Crippen LogP contribution in [0.25, 0.3) is 10.9 Å². The number of nitrogens with zero attached hydrogens (tertiary/aromatic N) is 2. The van der Waals surface area contributed by atoms with E-state index in [0.717, 1.165) is 5.52 Å². The topological polar surface area (TPSA) is 34.5 Å². The van der Waals surface area contributed by atoms with Gasteiger partial charge in [0.25, 0.3) is 5.91 Å². The second-order valence-electron chi connectivity index (χ2n) is 5.73. The summed E-state index contributed by atoms with van der Waals surface area (Å²) in [6.07, 6.45) is 0.0354. The van der Waals surface area contributed by atoms with Gasteiger partial charge in [0.1, 0.15) is 11.5 Å². The molecule has 5 heteroatoms. The lowest BCUT2D eigenvalue weighted by Gasteiger charge is -2.35. The van der Waals surface area contributed by atoms with Crippen LogP contribution in [0.2, 0.25) is 0 Å². The molecule has 1 saturated heterocycles. The van der Waals surface area contributed by atoms with E-state index in [2.05, 4.69) is 0 Å². The number of morpholine rings is 1. The number of rotatable bonds is 1. The second-order valence-corrected chi connectivity index (χ2v) is 5.73. The maximum absolute atomic E-state index is 13.9. The molecule has 3 rings (SSSR count). The lowest BCUT2D eigenvalue weighted by atomic mass is 10.2. The van der Waals surface area contributed by atoms with Crippen LogP contribution in [0.15, 0.2) is 24.3 Å². The molecule has 1 aromatic carbocycles. The van der Waals surface area contributed by atoms with Gasteiger partial charge in [-0.3, -0.25) is 4.79 Å². The van der Waals surface area contributed by atoms with Crippen LogP contribution < -0.4 is 0 Å². The van der Waals surface area contributed by atoms with Crippen LogP contribution in [0, 0.1) is 5.82 Å². The zero-order valence-corrected chi connectivity index (χ0v) is 12.5. The van der Waals surface area contributed by atoms with Crippen molar-refractivity contribution in [2.75, 3.05) is 13.1 Å². The van der Waals surface area contributed by atoms with Gasteiger partial charge in [0.05, 0.1) is 17.7 Å². The molecule has 2 aromatic rings. The third kappa shape index (κ3) is 2.42. The highest BCUT2D eigenvalue weighted by molar-refractivity contribution is 5.99. The Kier molecular flexibility index (Phi) is 3.45. The number of halogens is 1. The summed E-state index contributed by atoms with van der Waals surface area (Å²) < 4.78 is 21.3. The van der Waals surface area contributed by atoms with Gasteiger partial charge < -0.3 is 14.2 Å². The fraction of sp³-hybridized carbons (Fsp3) is 0.438. The smallest absolute Gasteiger partial charge is 0.270 e. The molecule has 1 aliphatic heterocycles. The molecule has 0 saturated carbocycles. The fourth-order valence-corrected chi connectivity index (χ4v) is 3.04. The predicted molar refractivity (Wildman–Crippen MR) is 78.8 cm³/mol. The van der Waals surface area contributed by atoms with Gasteiger partial charge >= 0.3 is 0 Å². The minimum atomic E-state index is -0.300. The van der Waals surface area contributed by atoms with Crippen LogP contribution in [0.3, 0.4) is 0 Å². The molecule has 2 atom stereocenters. The molecule has 0 bridgehead atoms. The maximum Gasteiger partial charge on any atom is 0.270 e. The molecule has 2 unspecified atom stereocenters. The van der Waals surface area contributed by atoms with Gasteiger partial charge in [0.2, 0.25) is 0 Å². The zero-order valence-electron chi connectivity index (χ0n) is 12.5. The number of fused-ring (bicyclic) bond motifs is 1. The van der Waals surface area contributed by atoms with E-state index >= 15 is 0 Å². The minimum Gasteiger partial charge on any atom is -0.372 e. The van der Waals surface area contributed by atoms with Crippen LogP contribution in [-0.4, -0.2) is 40.7 Å². The summed E-state index contributed by atoms with van der Waals surface area (Å²) in [6, 6.07) is 6.53. The molecule has 21 heavy (non-hydrogen) atoms. The number of hydrogen-bond donors (Lipinski definition) is 0. The summed E-state index contributed by atoms with van der Waals surface area (Å²) >= 11 is 0. The standard InChI is InChI=1S/C16H19FN2O2/c1-10-8-19(9-11(2)21-10)16(20)15-7-12-13(17)5-4-6-14(12)18(15)3/h4-7,10-11H,8-9H2,1-3H3. The molecule has 1 aliphatic rings. The summed E-state index contributed by atoms with van der Waals surface area (Å²) in [5.74, 6) is -0.374. The highest BCUT2D eigenvalue weighted by atomic mass is 19.1. The van der Waals surface area contributed by atoms with Crippen LogP contribution in [0.5, 0.6) is 0 Å². The maximum atomic E-state index is 13.9. The monoisotopic (exact) mass is 290 g/mol. The Bertz CT molecular complexity index is 685. The van der Waals surface area contributed by atoms with E-state index in [1.165, 1.54) is 6.07 Å². The molecule has 1 fully saturated rings. The summed E-state index contributed by atoms with van der Waals surface area (Å²) in [5, 5.41) is 0.484. The van der Waals surface area contributed by atoms with Gasteiger partial charge in [-0.1, -0.05) is 6.07 Å². The fourth-order valence-electron chi connectivity index (χ4n) is 3.04. The van der Waals surface area contributed by atoms with Crippen molar-refractivity contribution in [2.45, 2.75) is 26.1 Å². The molecular weight excluding hydrogens is 271 g/mol. The van der Waals surface area contributed by atoms with Gasteiger partial charge in [-0.05, 0) is 32.0 Å². The molecule has 4 nitrogen and oxygen atoms in total. The molecule has 0 spiro atoms. The number of ether oxygens (including phenoxy) is 1. The van der Waals surface area contributed by atoms with Gasteiger partial charge in [-0.2, -0.15) is 0 Å². The molecule has 0 N–H and O–H groups in total. The Morgan fingerprint density at radius 1 is 1.29 bits per heavy atom. The largest absolute Gasteiger partial charge is 0.372 e. The Morgan fingerprint density at radius 2 is 1.95 bits per heavy atom. The van der Waals surface area contributed by atoms with Crippen molar-refractivity contribution in [3.05, 3.63) is 35.8 Å². The Morgan fingerprint density at radius 3 is 2.57 bits per heavy atom. The first-order valence-corrected chi connectivity index (χ1v) is 7.16. The molecule has 0 aliphatic carbocycles. The van der Waals surface area contributed by atoms with Crippen molar-refractivity contribution in [3.63, 3.8) is 0 Å². The minimum absolute atomic E-state index is 0.0177. The third-order valence-corrected chi connectivity index (χ3v) is 3.96. The Labute approximate surface area is 123 Å². The van der Waals surface area contributed by atoms with Crippen LogP contribution in [-0.2, 0) is 11.8 Å². The molecule has 0 radical (unpaired) electrons. The number of aromatic nitrogens is 1. The molecule has 1 amide bonds. The van der Waals surface area contributed by atoms with Crippen molar-refractivity contribution < 1.29 is 13.9 Å². The van der Waals surface area contributed by atoms with E-state index in [4.69, 9.17) is 4.74 Å². The predicted octanol–water partition coefficient (Wildman–Crippen LogP) is 2.57. The number of carbonyl (C=O) groups excluding carboxylic acids is 1. The molecule has 2 heterocycles. The first kappa shape index (κ1) is 14.1. The van der Waals surface area contributed by atoms with Crippen molar-refractivity contribution in [3.8, 4) is 0 Å². The highest BCUT2D eigenvalue weighted by Gasteiger charge is 2.28. The molecule has 112 valence electrons.